The highest BCUT2D eigenvalue weighted by molar-refractivity contribution is 6.35. The Morgan fingerprint density at radius 3 is 2.35 bits per heavy atom. The van der Waals surface area contributed by atoms with Crippen molar-refractivity contribution in [2.75, 3.05) is 54.1 Å². The van der Waals surface area contributed by atoms with Gasteiger partial charge in [0.25, 0.3) is 11.8 Å². The SMILES string of the molecule is CCCOc1ccc(C2=C(N(C)C3CCN(C)CC3)C(=O)N(CCCOC)C2=O)cc1. The Kier molecular flexibility index (Phi) is 8.09. The van der Waals surface area contributed by atoms with Crippen molar-refractivity contribution in [3.05, 3.63) is 35.5 Å². The Labute approximate surface area is 185 Å². The molecule has 2 aliphatic rings. The molecule has 0 aliphatic carbocycles. The molecule has 7 nitrogen and oxygen atoms in total. The van der Waals surface area contributed by atoms with Crippen LogP contribution in [0.4, 0.5) is 0 Å². The molecule has 0 saturated carbocycles. The van der Waals surface area contributed by atoms with Gasteiger partial charge < -0.3 is 19.3 Å². The van der Waals surface area contributed by atoms with Gasteiger partial charge in [-0.1, -0.05) is 19.1 Å². The van der Waals surface area contributed by atoms with Crippen LogP contribution in [-0.4, -0.2) is 86.6 Å². The lowest BCUT2D eigenvalue weighted by atomic mass is 10.00. The molecule has 0 aromatic heterocycles. The highest BCUT2D eigenvalue weighted by Crippen LogP contribution is 2.34. The first-order valence-corrected chi connectivity index (χ1v) is 11.2. The summed E-state index contributed by atoms with van der Waals surface area (Å²) < 4.78 is 10.8. The van der Waals surface area contributed by atoms with Crippen molar-refractivity contribution in [2.45, 2.75) is 38.6 Å². The quantitative estimate of drug-likeness (QED) is 0.421. The number of hydrogen-bond acceptors (Lipinski definition) is 6. The molecule has 7 heteroatoms. The zero-order valence-corrected chi connectivity index (χ0v) is 19.2. The normalized spacial score (nSPS) is 18.3. The van der Waals surface area contributed by atoms with Crippen LogP contribution in [0.25, 0.3) is 5.57 Å². The molecular formula is C24H35N3O4. The molecule has 1 aromatic carbocycles. The Bertz CT molecular complexity index is 798. The minimum absolute atomic E-state index is 0.205. The van der Waals surface area contributed by atoms with Crippen molar-refractivity contribution in [1.29, 1.82) is 0 Å². The minimum Gasteiger partial charge on any atom is -0.494 e. The maximum Gasteiger partial charge on any atom is 0.277 e. The lowest BCUT2D eigenvalue weighted by Crippen LogP contribution is -2.43. The van der Waals surface area contributed by atoms with E-state index in [0.29, 0.717) is 37.4 Å². The zero-order valence-electron chi connectivity index (χ0n) is 19.2. The van der Waals surface area contributed by atoms with Gasteiger partial charge in [0.1, 0.15) is 11.4 Å². The van der Waals surface area contributed by atoms with Crippen molar-refractivity contribution in [3.63, 3.8) is 0 Å². The van der Waals surface area contributed by atoms with Crippen molar-refractivity contribution < 1.29 is 19.1 Å². The minimum atomic E-state index is -0.224. The second kappa shape index (κ2) is 10.8. The van der Waals surface area contributed by atoms with Gasteiger partial charge in [-0.15, -0.1) is 0 Å². The predicted octanol–water partition coefficient (Wildman–Crippen LogP) is 2.62. The molecule has 0 unspecified atom stereocenters. The summed E-state index contributed by atoms with van der Waals surface area (Å²) in [7, 11) is 5.69. The number of nitrogens with zero attached hydrogens (tertiary/aromatic N) is 3. The van der Waals surface area contributed by atoms with Gasteiger partial charge in [0.15, 0.2) is 0 Å². The third-order valence-corrected chi connectivity index (χ3v) is 6.08. The number of benzene rings is 1. The van der Waals surface area contributed by atoms with Gasteiger partial charge in [-0.3, -0.25) is 14.5 Å². The molecule has 1 saturated heterocycles. The summed E-state index contributed by atoms with van der Waals surface area (Å²) in [5.74, 6) is 0.340. The molecule has 0 atom stereocenters. The first-order valence-electron chi connectivity index (χ1n) is 11.2. The van der Waals surface area contributed by atoms with Crippen LogP contribution in [0.3, 0.4) is 0 Å². The molecule has 1 aromatic rings. The van der Waals surface area contributed by atoms with Gasteiger partial charge in [-0.2, -0.15) is 0 Å². The Balaban J connectivity index is 1.91. The number of hydrogen-bond donors (Lipinski definition) is 0. The van der Waals surface area contributed by atoms with Gasteiger partial charge in [-0.05, 0) is 63.5 Å². The second-order valence-corrected chi connectivity index (χ2v) is 8.35. The Morgan fingerprint density at radius 2 is 1.74 bits per heavy atom. The summed E-state index contributed by atoms with van der Waals surface area (Å²) >= 11 is 0. The standard InChI is InChI=1S/C24H35N3O4/c1-5-16-31-20-9-7-18(8-10-20)21-22(26(3)19-11-14-25(2)15-12-19)24(29)27(23(21)28)13-6-17-30-4/h7-10,19H,5-6,11-17H2,1-4H3. The molecule has 0 spiro atoms. The number of piperidine rings is 1. The molecule has 170 valence electrons. The van der Waals surface area contributed by atoms with E-state index in [1.165, 1.54) is 4.90 Å². The third kappa shape index (κ3) is 5.28. The molecule has 0 N–H and O–H groups in total. The van der Waals surface area contributed by atoms with Crippen LogP contribution in [-0.2, 0) is 14.3 Å². The zero-order chi connectivity index (χ0) is 22.4. The highest BCUT2D eigenvalue weighted by Gasteiger charge is 2.42. The number of likely N-dealkylation sites (N-methyl/N-ethyl adjacent to an activating group) is 1. The fraction of sp³-hybridized carbons (Fsp3) is 0.583. The molecule has 0 bridgehead atoms. The summed E-state index contributed by atoms with van der Waals surface area (Å²) in [4.78, 5) is 32.5. The molecule has 0 radical (unpaired) electrons. The molecule has 1 fully saturated rings. The summed E-state index contributed by atoms with van der Waals surface area (Å²) in [5.41, 5.74) is 1.76. The average molecular weight is 430 g/mol. The van der Waals surface area contributed by atoms with E-state index < -0.39 is 0 Å². The van der Waals surface area contributed by atoms with E-state index >= 15 is 0 Å². The van der Waals surface area contributed by atoms with Crippen molar-refractivity contribution in [3.8, 4) is 5.75 Å². The van der Waals surface area contributed by atoms with E-state index in [-0.39, 0.29) is 17.9 Å². The molecule has 2 amide bonds. The molecular weight excluding hydrogens is 394 g/mol. The molecule has 3 rings (SSSR count). The van der Waals surface area contributed by atoms with Crippen LogP contribution >= 0.6 is 0 Å². The monoisotopic (exact) mass is 429 g/mol. The fourth-order valence-electron chi connectivity index (χ4n) is 4.22. The van der Waals surface area contributed by atoms with E-state index in [1.54, 1.807) is 7.11 Å². The fourth-order valence-corrected chi connectivity index (χ4v) is 4.22. The van der Waals surface area contributed by atoms with Crippen LogP contribution in [0.15, 0.2) is 30.0 Å². The van der Waals surface area contributed by atoms with E-state index in [1.807, 2.05) is 36.2 Å². The van der Waals surface area contributed by atoms with Crippen LogP contribution in [0.5, 0.6) is 5.75 Å². The summed E-state index contributed by atoms with van der Waals surface area (Å²) in [6.45, 7) is 5.55. The number of methoxy groups -OCH3 is 1. The lowest BCUT2D eigenvalue weighted by molar-refractivity contribution is -0.137. The van der Waals surface area contributed by atoms with Crippen molar-refractivity contribution in [2.24, 2.45) is 0 Å². The van der Waals surface area contributed by atoms with Gasteiger partial charge in [-0.25, -0.2) is 0 Å². The number of carbonyl (C=O) groups is 2. The number of imide groups is 1. The number of carbonyl (C=O) groups excluding carboxylic acids is 2. The smallest absolute Gasteiger partial charge is 0.277 e. The number of ether oxygens (including phenoxy) is 2. The first-order chi connectivity index (χ1) is 15.0. The van der Waals surface area contributed by atoms with Gasteiger partial charge in [0.2, 0.25) is 0 Å². The lowest BCUT2D eigenvalue weighted by Gasteiger charge is -2.36. The van der Waals surface area contributed by atoms with E-state index in [0.717, 1.165) is 43.7 Å². The van der Waals surface area contributed by atoms with Gasteiger partial charge in [0, 0.05) is 33.4 Å². The average Bonchev–Trinajstić information content (AvgIpc) is 3.03. The Hall–Kier alpha value is -2.38. The molecule has 2 aliphatic heterocycles. The topological polar surface area (TPSA) is 62.3 Å². The Morgan fingerprint density at radius 1 is 1.06 bits per heavy atom. The van der Waals surface area contributed by atoms with E-state index in [9.17, 15) is 9.59 Å². The van der Waals surface area contributed by atoms with Crippen LogP contribution in [0.2, 0.25) is 0 Å². The maximum atomic E-state index is 13.4. The second-order valence-electron chi connectivity index (χ2n) is 8.35. The van der Waals surface area contributed by atoms with Gasteiger partial charge in [0.05, 0.1) is 12.2 Å². The number of rotatable bonds is 10. The van der Waals surface area contributed by atoms with Crippen LogP contribution in [0.1, 0.15) is 38.2 Å². The predicted molar refractivity (Wildman–Crippen MR) is 121 cm³/mol. The molecule has 31 heavy (non-hydrogen) atoms. The van der Waals surface area contributed by atoms with E-state index in [4.69, 9.17) is 9.47 Å². The van der Waals surface area contributed by atoms with Crippen molar-refractivity contribution in [1.82, 2.24) is 14.7 Å². The largest absolute Gasteiger partial charge is 0.494 e. The maximum absolute atomic E-state index is 13.4. The number of likely N-dealkylation sites (tertiary alicyclic amines) is 1. The molecule has 2 heterocycles. The summed E-state index contributed by atoms with van der Waals surface area (Å²) in [6.07, 6.45) is 3.50. The third-order valence-electron chi connectivity index (χ3n) is 6.08. The first kappa shape index (κ1) is 23.3. The van der Waals surface area contributed by atoms with Crippen LogP contribution < -0.4 is 4.74 Å². The van der Waals surface area contributed by atoms with E-state index in [2.05, 4.69) is 18.9 Å². The number of amides is 2. The van der Waals surface area contributed by atoms with Gasteiger partial charge >= 0.3 is 0 Å². The van der Waals surface area contributed by atoms with Crippen LogP contribution in [0, 0.1) is 0 Å². The summed E-state index contributed by atoms with van der Waals surface area (Å²) in [6, 6.07) is 7.75. The van der Waals surface area contributed by atoms with Crippen molar-refractivity contribution >= 4 is 17.4 Å². The highest BCUT2D eigenvalue weighted by atomic mass is 16.5. The summed E-state index contributed by atoms with van der Waals surface area (Å²) in [5, 5.41) is 0.